The fraction of sp³-hybridized carbons (Fsp3) is 0.588. The zero-order valence-electron chi connectivity index (χ0n) is 12.6. The van der Waals surface area contributed by atoms with E-state index in [0.717, 1.165) is 50.9 Å². The first kappa shape index (κ1) is 14.5. The smallest absolute Gasteiger partial charge is 0.254 e. The second-order valence-corrected chi connectivity index (χ2v) is 6.25. The number of benzene rings is 1. The maximum absolute atomic E-state index is 13.2. The van der Waals surface area contributed by atoms with Crippen LogP contribution >= 0.6 is 0 Å². The predicted molar refractivity (Wildman–Crippen MR) is 80.8 cm³/mol. The third kappa shape index (κ3) is 2.95. The lowest BCUT2D eigenvalue weighted by Gasteiger charge is -2.34. The van der Waals surface area contributed by atoms with E-state index >= 15 is 0 Å². The van der Waals surface area contributed by atoms with E-state index in [-0.39, 0.29) is 11.7 Å². The molecule has 1 aromatic carbocycles. The molecule has 1 atom stereocenters. The summed E-state index contributed by atoms with van der Waals surface area (Å²) in [5, 5.41) is 3.38. The zero-order valence-corrected chi connectivity index (χ0v) is 12.6. The molecule has 0 radical (unpaired) electrons. The molecule has 21 heavy (non-hydrogen) atoms. The molecule has 1 aromatic rings. The predicted octanol–water partition coefficient (Wildman–Crippen LogP) is 2.74. The fourth-order valence-corrected chi connectivity index (χ4v) is 3.79. The molecule has 0 bridgehead atoms. The first-order valence-electron chi connectivity index (χ1n) is 7.94. The molecular weight excluding hydrogens is 267 g/mol. The highest BCUT2D eigenvalue weighted by Gasteiger charge is 2.35. The number of carbonyl (C=O) groups is 1. The van der Waals surface area contributed by atoms with Crippen molar-refractivity contribution in [2.24, 2.45) is 5.92 Å². The zero-order chi connectivity index (χ0) is 14.8. The number of piperidine rings is 1. The third-order valence-corrected chi connectivity index (χ3v) is 4.91. The molecule has 0 aromatic heterocycles. The van der Waals surface area contributed by atoms with Gasteiger partial charge >= 0.3 is 0 Å². The van der Waals surface area contributed by atoms with Crippen LogP contribution < -0.4 is 5.32 Å². The molecule has 1 N–H and O–H groups in total. The van der Waals surface area contributed by atoms with Crippen molar-refractivity contribution < 1.29 is 9.18 Å². The number of aryl methyl sites for hydroxylation is 1. The summed E-state index contributed by atoms with van der Waals surface area (Å²) in [4.78, 5) is 14.9. The van der Waals surface area contributed by atoms with E-state index in [1.807, 2.05) is 11.8 Å². The number of nitrogens with zero attached hydrogens (tertiary/aromatic N) is 1. The topological polar surface area (TPSA) is 32.3 Å². The number of rotatable bonds is 2. The Balaban J connectivity index is 1.79. The Morgan fingerprint density at radius 2 is 2.05 bits per heavy atom. The van der Waals surface area contributed by atoms with Crippen LogP contribution in [0.2, 0.25) is 0 Å². The van der Waals surface area contributed by atoms with E-state index in [0.29, 0.717) is 17.5 Å². The van der Waals surface area contributed by atoms with Crippen LogP contribution in [-0.4, -0.2) is 36.5 Å². The Labute approximate surface area is 125 Å². The van der Waals surface area contributed by atoms with Crippen LogP contribution in [0, 0.1) is 18.7 Å². The highest BCUT2D eigenvalue weighted by molar-refractivity contribution is 5.96. The highest BCUT2D eigenvalue weighted by Crippen LogP contribution is 2.31. The van der Waals surface area contributed by atoms with Crippen LogP contribution in [-0.2, 0) is 0 Å². The van der Waals surface area contributed by atoms with Gasteiger partial charge in [0.1, 0.15) is 5.82 Å². The number of hydrogen-bond donors (Lipinski definition) is 1. The van der Waals surface area contributed by atoms with E-state index in [1.54, 1.807) is 6.07 Å². The average Bonchev–Trinajstić information content (AvgIpc) is 2.97. The van der Waals surface area contributed by atoms with Gasteiger partial charge in [0.25, 0.3) is 5.91 Å². The Morgan fingerprint density at radius 1 is 1.29 bits per heavy atom. The largest absolute Gasteiger partial charge is 0.335 e. The normalized spacial score (nSPS) is 23.5. The van der Waals surface area contributed by atoms with Crippen molar-refractivity contribution in [1.29, 1.82) is 0 Å². The molecule has 0 spiro atoms. The van der Waals surface area contributed by atoms with Gasteiger partial charge in [-0.25, -0.2) is 4.39 Å². The first-order chi connectivity index (χ1) is 10.2. The van der Waals surface area contributed by atoms with Gasteiger partial charge in [-0.1, -0.05) is 0 Å². The lowest BCUT2D eigenvalue weighted by Crippen LogP contribution is -2.44. The van der Waals surface area contributed by atoms with Crippen molar-refractivity contribution in [2.75, 3.05) is 19.6 Å². The first-order valence-corrected chi connectivity index (χ1v) is 7.94. The molecule has 2 fully saturated rings. The van der Waals surface area contributed by atoms with Crippen LogP contribution in [0.15, 0.2) is 18.2 Å². The number of carbonyl (C=O) groups excluding carboxylic acids is 1. The number of amides is 1. The third-order valence-electron chi connectivity index (χ3n) is 4.91. The second kappa shape index (κ2) is 6.14. The van der Waals surface area contributed by atoms with Gasteiger partial charge in [0.05, 0.1) is 0 Å². The minimum absolute atomic E-state index is 0.0773. The standard InChI is InChI=1S/C17H23FN2O/c1-12-11-14(18)4-5-15(12)17(21)20-10-2-3-16(20)13-6-8-19-9-7-13/h4-5,11,13,16,19H,2-3,6-10H2,1H3. The Kier molecular flexibility index (Phi) is 4.24. The lowest BCUT2D eigenvalue weighted by atomic mass is 9.88. The van der Waals surface area contributed by atoms with Gasteiger partial charge in [-0.15, -0.1) is 0 Å². The van der Waals surface area contributed by atoms with Crippen LogP contribution in [0.1, 0.15) is 41.6 Å². The van der Waals surface area contributed by atoms with Gasteiger partial charge in [0.15, 0.2) is 0 Å². The van der Waals surface area contributed by atoms with Gasteiger partial charge in [-0.3, -0.25) is 4.79 Å². The summed E-state index contributed by atoms with van der Waals surface area (Å²) in [5.74, 6) is 0.410. The molecule has 2 aliphatic rings. The molecule has 1 unspecified atom stereocenters. The van der Waals surface area contributed by atoms with E-state index in [1.165, 1.54) is 12.1 Å². The van der Waals surface area contributed by atoms with E-state index in [2.05, 4.69) is 5.32 Å². The van der Waals surface area contributed by atoms with Crippen LogP contribution in [0.25, 0.3) is 0 Å². The maximum Gasteiger partial charge on any atom is 0.254 e. The van der Waals surface area contributed by atoms with Crippen LogP contribution in [0.3, 0.4) is 0 Å². The minimum Gasteiger partial charge on any atom is -0.335 e. The van der Waals surface area contributed by atoms with Crippen LogP contribution in [0.5, 0.6) is 0 Å². The molecule has 3 nitrogen and oxygen atoms in total. The second-order valence-electron chi connectivity index (χ2n) is 6.25. The van der Waals surface area contributed by atoms with Gasteiger partial charge in [0, 0.05) is 18.2 Å². The molecule has 2 heterocycles. The number of hydrogen-bond acceptors (Lipinski definition) is 2. The Morgan fingerprint density at radius 3 is 2.76 bits per heavy atom. The van der Waals surface area contributed by atoms with Crippen molar-refractivity contribution in [3.8, 4) is 0 Å². The highest BCUT2D eigenvalue weighted by atomic mass is 19.1. The molecule has 1 amide bonds. The van der Waals surface area contributed by atoms with E-state index in [4.69, 9.17) is 0 Å². The van der Waals surface area contributed by atoms with Crippen molar-refractivity contribution in [2.45, 2.75) is 38.6 Å². The van der Waals surface area contributed by atoms with Gasteiger partial charge in [-0.2, -0.15) is 0 Å². The SMILES string of the molecule is Cc1cc(F)ccc1C(=O)N1CCCC1C1CCNCC1. The fourth-order valence-electron chi connectivity index (χ4n) is 3.79. The molecule has 4 heteroatoms. The summed E-state index contributed by atoms with van der Waals surface area (Å²) in [5.41, 5.74) is 1.38. The van der Waals surface area contributed by atoms with Crippen molar-refractivity contribution in [3.63, 3.8) is 0 Å². The molecule has 2 saturated heterocycles. The van der Waals surface area contributed by atoms with Gasteiger partial charge < -0.3 is 10.2 Å². The van der Waals surface area contributed by atoms with Crippen molar-refractivity contribution in [3.05, 3.63) is 35.1 Å². The molecule has 2 aliphatic heterocycles. The number of likely N-dealkylation sites (tertiary alicyclic amines) is 1. The Bertz CT molecular complexity index is 526. The Hall–Kier alpha value is -1.42. The van der Waals surface area contributed by atoms with E-state index < -0.39 is 0 Å². The van der Waals surface area contributed by atoms with Gasteiger partial charge in [0.2, 0.25) is 0 Å². The van der Waals surface area contributed by atoms with Crippen molar-refractivity contribution in [1.82, 2.24) is 10.2 Å². The summed E-state index contributed by atoms with van der Waals surface area (Å²) in [6.45, 7) is 4.76. The molecular formula is C17H23FN2O. The molecule has 114 valence electrons. The summed E-state index contributed by atoms with van der Waals surface area (Å²) >= 11 is 0. The lowest BCUT2D eigenvalue weighted by molar-refractivity contribution is 0.0665. The quantitative estimate of drug-likeness (QED) is 0.908. The number of halogens is 1. The van der Waals surface area contributed by atoms with E-state index in [9.17, 15) is 9.18 Å². The maximum atomic E-state index is 13.2. The van der Waals surface area contributed by atoms with Gasteiger partial charge in [-0.05, 0) is 75.4 Å². The molecule has 0 aliphatic carbocycles. The monoisotopic (exact) mass is 290 g/mol. The summed E-state index contributed by atoms with van der Waals surface area (Å²) < 4.78 is 13.2. The summed E-state index contributed by atoms with van der Waals surface area (Å²) in [6, 6.07) is 4.83. The number of nitrogens with one attached hydrogen (secondary N) is 1. The van der Waals surface area contributed by atoms with Crippen molar-refractivity contribution >= 4 is 5.91 Å². The molecule has 3 rings (SSSR count). The average molecular weight is 290 g/mol. The summed E-state index contributed by atoms with van der Waals surface area (Å²) in [7, 11) is 0. The molecule has 0 saturated carbocycles. The van der Waals surface area contributed by atoms with Crippen LogP contribution in [0.4, 0.5) is 4.39 Å². The summed E-state index contributed by atoms with van der Waals surface area (Å²) in [6.07, 6.45) is 4.49. The minimum atomic E-state index is -0.277.